The first kappa shape index (κ1) is 8.77. The van der Waals surface area contributed by atoms with Crippen molar-refractivity contribution in [1.82, 2.24) is 5.23 Å². The van der Waals surface area contributed by atoms with Crippen LogP contribution < -0.4 is 5.23 Å². The normalized spacial score (nSPS) is 11.7. The molecule has 0 aliphatic carbocycles. The number of rotatable bonds is 2. The monoisotopic (exact) mass is 141 g/mol. The van der Waals surface area contributed by atoms with Gasteiger partial charge in [-0.25, -0.2) is 0 Å². The minimum absolute atomic E-state index is 1.10. The molecule has 0 aromatic heterocycles. The second-order valence-electron chi connectivity index (χ2n) is 1.67. The lowest BCUT2D eigenvalue weighted by atomic mass is 9.89. The highest BCUT2D eigenvalue weighted by molar-refractivity contribution is 6.45. The fourth-order valence-electron chi connectivity index (χ4n) is 0.263. The van der Waals surface area contributed by atoms with Crippen molar-refractivity contribution >= 4 is 7.05 Å². The van der Waals surface area contributed by atoms with Gasteiger partial charge in [-0.05, 0) is 6.82 Å². The van der Waals surface area contributed by atoms with Crippen molar-refractivity contribution in [2.75, 3.05) is 6.54 Å². The summed E-state index contributed by atoms with van der Waals surface area (Å²) < 4.78 is 33.7. The van der Waals surface area contributed by atoms with Crippen molar-refractivity contribution in [3.63, 3.8) is 0 Å². The number of alkyl halides is 3. The topological polar surface area (TPSA) is 32.3 Å². The molecular formula is C3H7BF3NO. The van der Waals surface area contributed by atoms with Gasteiger partial charge in [-0.15, -0.1) is 0 Å². The highest BCUT2D eigenvalue weighted by Crippen LogP contribution is 2.11. The van der Waals surface area contributed by atoms with Crippen LogP contribution in [0, 0.1) is 0 Å². The third kappa shape index (κ3) is 7.77. The summed E-state index contributed by atoms with van der Waals surface area (Å²) in [5, 5.41) is 10.1. The average molecular weight is 141 g/mol. The van der Waals surface area contributed by atoms with E-state index in [4.69, 9.17) is 5.02 Å². The molecule has 54 valence electrons. The van der Waals surface area contributed by atoms with Gasteiger partial charge < -0.3 is 10.3 Å². The number of halogens is 3. The second-order valence-corrected chi connectivity index (χ2v) is 1.67. The van der Waals surface area contributed by atoms with E-state index in [1.165, 1.54) is 6.82 Å². The lowest BCUT2D eigenvalue weighted by Gasteiger charge is -2.06. The third-order valence-corrected chi connectivity index (χ3v) is 0.598. The van der Waals surface area contributed by atoms with Gasteiger partial charge in [-0.1, -0.05) is 0 Å². The van der Waals surface area contributed by atoms with Crippen molar-refractivity contribution in [1.29, 1.82) is 0 Å². The molecule has 0 spiro atoms. The van der Waals surface area contributed by atoms with E-state index in [-0.39, 0.29) is 0 Å². The van der Waals surface area contributed by atoms with Crippen LogP contribution in [0.3, 0.4) is 0 Å². The molecule has 0 radical (unpaired) electrons. The zero-order chi connectivity index (χ0) is 7.49. The summed E-state index contributed by atoms with van der Waals surface area (Å²) >= 11 is 0. The third-order valence-electron chi connectivity index (χ3n) is 0.598. The molecule has 0 aliphatic heterocycles. The van der Waals surface area contributed by atoms with Crippen molar-refractivity contribution in [3.8, 4) is 0 Å². The largest absolute Gasteiger partial charge is 0.437 e. The van der Waals surface area contributed by atoms with Gasteiger partial charge in [0.1, 0.15) is 0 Å². The summed E-state index contributed by atoms with van der Waals surface area (Å²) in [4.78, 5) is 0. The fraction of sp³-hybridized carbons (Fsp3) is 1.00. The van der Waals surface area contributed by atoms with E-state index in [0.717, 1.165) is 0 Å². The number of hydrogen-bond acceptors (Lipinski definition) is 2. The lowest BCUT2D eigenvalue weighted by Crippen LogP contribution is -2.38. The van der Waals surface area contributed by atoms with E-state index in [1.54, 1.807) is 0 Å². The molecule has 0 fully saturated rings. The molecule has 0 saturated carbocycles. The van der Waals surface area contributed by atoms with E-state index in [0.29, 0.717) is 0 Å². The Labute approximate surface area is 51.2 Å². The minimum atomic E-state index is -4.24. The van der Waals surface area contributed by atoms with Crippen molar-refractivity contribution in [3.05, 3.63) is 0 Å². The van der Waals surface area contributed by atoms with E-state index in [9.17, 15) is 13.2 Å². The van der Waals surface area contributed by atoms with Crippen LogP contribution in [0.25, 0.3) is 0 Å². The molecule has 0 unspecified atom stereocenters. The Balaban J connectivity index is 3.28. The van der Waals surface area contributed by atoms with Gasteiger partial charge in [0.05, 0.1) is 6.54 Å². The zero-order valence-electron chi connectivity index (χ0n) is 4.87. The van der Waals surface area contributed by atoms with Gasteiger partial charge in [-0.3, -0.25) is 0 Å². The molecule has 0 aromatic rings. The predicted molar refractivity (Wildman–Crippen MR) is 27.9 cm³/mol. The number of nitrogens with one attached hydrogen (secondary N) is 1. The molecule has 0 atom stereocenters. The van der Waals surface area contributed by atoms with Gasteiger partial charge in [0, 0.05) is 0 Å². The van der Waals surface area contributed by atoms with Gasteiger partial charge in [0.25, 0.3) is 0 Å². The van der Waals surface area contributed by atoms with E-state index < -0.39 is 19.8 Å². The maximum Gasteiger partial charge on any atom is 0.400 e. The van der Waals surface area contributed by atoms with Crippen molar-refractivity contribution in [2.45, 2.75) is 13.0 Å². The molecule has 9 heavy (non-hydrogen) atoms. The molecule has 0 aliphatic rings. The van der Waals surface area contributed by atoms with E-state index in [2.05, 4.69) is 0 Å². The highest BCUT2D eigenvalue weighted by atomic mass is 19.4. The van der Waals surface area contributed by atoms with Crippen LogP contribution in [-0.2, 0) is 0 Å². The summed E-state index contributed by atoms with van der Waals surface area (Å²) in [6.45, 7) is 0.0798. The fourth-order valence-corrected chi connectivity index (χ4v) is 0.263. The summed E-state index contributed by atoms with van der Waals surface area (Å²) in [5.74, 6) is 0. The Morgan fingerprint density at radius 3 is 2.11 bits per heavy atom. The summed E-state index contributed by atoms with van der Waals surface area (Å²) in [5.41, 5.74) is 0. The van der Waals surface area contributed by atoms with Crippen LogP contribution in [0.2, 0.25) is 6.82 Å². The SMILES string of the molecule is CB(O)NCC(F)(F)F. The molecule has 0 rings (SSSR count). The molecule has 0 bridgehead atoms. The Bertz CT molecular complexity index is 83.6. The summed E-state index contributed by atoms with van der Waals surface area (Å²) in [7, 11) is -1.10. The smallest absolute Gasteiger partial charge is 0.400 e. The van der Waals surface area contributed by atoms with Crippen LogP contribution in [0.4, 0.5) is 13.2 Å². The summed E-state index contributed by atoms with van der Waals surface area (Å²) in [6.07, 6.45) is -4.24. The van der Waals surface area contributed by atoms with Crippen LogP contribution in [0.1, 0.15) is 0 Å². The first-order valence-corrected chi connectivity index (χ1v) is 2.40. The molecular weight excluding hydrogens is 134 g/mol. The Morgan fingerprint density at radius 1 is 1.56 bits per heavy atom. The van der Waals surface area contributed by atoms with E-state index >= 15 is 0 Å². The maximum atomic E-state index is 11.2. The van der Waals surface area contributed by atoms with Crippen LogP contribution in [0.15, 0.2) is 0 Å². The van der Waals surface area contributed by atoms with Crippen molar-refractivity contribution < 1.29 is 18.2 Å². The molecule has 0 aromatic carbocycles. The lowest BCUT2D eigenvalue weighted by molar-refractivity contribution is -0.122. The standard InChI is InChI=1S/C3H7BF3NO/c1-4(9)8-2-3(5,6)7/h8-9H,2H2,1H3. The molecule has 2 nitrogen and oxygen atoms in total. The summed E-state index contributed by atoms with van der Waals surface area (Å²) in [6, 6.07) is 0. The quantitative estimate of drug-likeness (QED) is 0.540. The Hall–Kier alpha value is -0.225. The molecule has 0 heterocycles. The molecule has 0 saturated heterocycles. The molecule has 2 N–H and O–H groups in total. The first-order chi connectivity index (χ1) is 3.92. The first-order valence-electron chi connectivity index (χ1n) is 2.40. The predicted octanol–water partition coefficient (Wildman–Crippen LogP) is 0.249. The molecule has 6 heteroatoms. The minimum Gasteiger partial charge on any atom is -0.437 e. The van der Waals surface area contributed by atoms with Gasteiger partial charge in [-0.2, -0.15) is 13.2 Å². The van der Waals surface area contributed by atoms with Crippen LogP contribution in [-0.4, -0.2) is 24.8 Å². The van der Waals surface area contributed by atoms with Crippen LogP contribution in [0.5, 0.6) is 0 Å². The average Bonchev–Trinajstić information content (AvgIpc) is 1.59. The van der Waals surface area contributed by atoms with E-state index in [1.807, 2.05) is 5.23 Å². The maximum absolute atomic E-state index is 11.2. The Morgan fingerprint density at radius 2 is 2.00 bits per heavy atom. The second kappa shape index (κ2) is 3.07. The zero-order valence-corrected chi connectivity index (χ0v) is 4.87. The molecule has 0 amide bonds. The van der Waals surface area contributed by atoms with Crippen LogP contribution >= 0.6 is 0 Å². The van der Waals surface area contributed by atoms with Gasteiger partial charge in [0.15, 0.2) is 0 Å². The highest BCUT2D eigenvalue weighted by Gasteiger charge is 2.27. The Kier molecular flexibility index (Phi) is 3.00. The van der Waals surface area contributed by atoms with Crippen molar-refractivity contribution in [2.24, 2.45) is 0 Å². The van der Waals surface area contributed by atoms with Gasteiger partial charge >= 0.3 is 13.2 Å². The van der Waals surface area contributed by atoms with Gasteiger partial charge in [0.2, 0.25) is 0 Å². The number of hydrogen-bond donors (Lipinski definition) is 2.